The minimum atomic E-state index is -1.65. The van der Waals surface area contributed by atoms with Crippen molar-refractivity contribution in [1.82, 2.24) is 10.6 Å². The summed E-state index contributed by atoms with van der Waals surface area (Å²) in [5, 5.41) is 43.7. The van der Waals surface area contributed by atoms with Crippen molar-refractivity contribution >= 4 is 12.0 Å². The molecule has 0 bridgehead atoms. The minimum Gasteiger partial charge on any atom is -0.409 e. The van der Waals surface area contributed by atoms with Gasteiger partial charge in [-0.15, -0.1) is 0 Å². The summed E-state index contributed by atoms with van der Waals surface area (Å²) in [6.07, 6.45) is -6.64. The molecule has 1 aromatic rings. The summed E-state index contributed by atoms with van der Waals surface area (Å²) >= 11 is 0. The SMILES string of the molecule is CCNC(=O)Oc1ccccc1C(=O)NC1C(O)OC(CO)C(O)C1O. The van der Waals surface area contributed by atoms with Crippen molar-refractivity contribution in [3.05, 3.63) is 29.8 Å². The summed E-state index contributed by atoms with van der Waals surface area (Å²) in [6.45, 7) is 1.44. The molecule has 1 aliphatic rings. The van der Waals surface area contributed by atoms with Gasteiger partial charge in [0, 0.05) is 6.54 Å². The van der Waals surface area contributed by atoms with Gasteiger partial charge in [0.15, 0.2) is 6.29 Å². The summed E-state index contributed by atoms with van der Waals surface area (Å²) in [4.78, 5) is 24.1. The van der Waals surface area contributed by atoms with Gasteiger partial charge in [0.2, 0.25) is 0 Å². The zero-order valence-corrected chi connectivity index (χ0v) is 14.0. The molecule has 144 valence electrons. The third kappa shape index (κ3) is 4.48. The number of aliphatic hydroxyl groups is 4. The van der Waals surface area contributed by atoms with Gasteiger partial charge in [0.1, 0.15) is 30.1 Å². The molecule has 0 spiro atoms. The second-order valence-electron chi connectivity index (χ2n) is 5.64. The van der Waals surface area contributed by atoms with Crippen molar-refractivity contribution in [3.63, 3.8) is 0 Å². The van der Waals surface area contributed by atoms with E-state index in [1.54, 1.807) is 19.1 Å². The van der Waals surface area contributed by atoms with Gasteiger partial charge in [-0.05, 0) is 19.1 Å². The largest absolute Gasteiger partial charge is 0.412 e. The van der Waals surface area contributed by atoms with E-state index in [4.69, 9.17) is 14.6 Å². The lowest BCUT2D eigenvalue weighted by molar-refractivity contribution is -0.252. The predicted octanol–water partition coefficient (Wildman–Crippen LogP) is -1.68. The van der Waals surface area contributed by atoms with Gasteiger partial charge in [-0.2, -0.15) is 0 Å². The van der Waals surface area contributed by atoms with Gasteiger partial charge >= 0.3 is 6.09 Å². The number of carbonyl (C=O) groups excluding carboxylic acids is 2. The number of carbonyl (C=O) groups is 2. The summed E-state index contributed by atoms with van der Waals surface area (Å²) in [7, 11) is 0. The van der Waals surface area contributed by atoms with Crippen molar-refractivity contribution in [2.45, 2.75) is 37.6 Å². The van der Waals surface area contributed by atoms with Crippen molar-refractivity contribution in [2.75, 3.05) is 13.2 Å². The fourth-order valence-electron chi connectivity index (χ4n) is 2.51. The van der Waals surface area contributed by atoms with Crippen LogP contribution >= 0.6 is 0 Å². The quantitative estimate of drug-likeness (QED) is 0.359. The van der Waals surface area contributed by atoms with Gasteiger partial charge in [0.25, 0.3) is 5.91 Å². The van der Waals surface area contributed by atoms with Crippen LogP contribution in [-0.4, -0.2) is 76.2 Å². The molecule has 0 aromatic heterocycles. The van der Waals surface area contributed by atoms with E-state index in [2.05, 4.69) is 10.6 Å². The van der Waals surface area contributed by atoms with E-state index >= 15 is 0 Å². The van der Waals surface area contributed by atoms with Gasteiger partial charge in [-0.3, -0.25) is 4.79 Å². The molecule has 1 aliphatic heterocycles. The first kappa shape index (κ1) is 20.1. The highest BCUT2D eigenvalue weighted by Gasteiger charge is 2.44. The summed E-state index contributed by atoms with van der Waals surface area (Å²) in [6, 6.07) is 4.55. The first-order chi connectivity index (χ1) is 12.4. The summed E-state index contributed by atoms with van der Waals surface area (Å²) in [5.41, 5.74) is -0.0167. The van der Waals surface area contributed by atoms with Crippen LogP contribution in [0.2, 0.25) is 0 Å². The van der Waals surface area contributed by atoms with Crippen LogP contribution in [0.5, 0.6) is 5.75 Å². The van der Waals surface area contributed by atoms with Gasteiger partial charge in [0.05, 0.1) is 12.2 Å². The predicted molar refractivity (Wildman–Crippen MR) is 87.4 cm³/mol. The Morgan fingerprint density at radius 2 is 1.88 bits per heavy atom. The van der Waals surface area contributed by atoms with Gasteiger partial charge in [-0.1, -0.05) is 12.1 Å². The number of ether oxygens (including phenoxy) is 2. The highest BCUT2D eigenvalue weighted by atomic mass is 16.6. The van der Waals surface area contributed by atoms with Crippen LogP contribution in [0.4, 0.5) is 4.79 Å². The number of hydrogen-bond donors (Lipinski definition) is 6. The molecule has 6 N–H and O–H groups in total. The molecule has 26 heavy (non-hydrogen) atoms. The summed E-state index contributed by atoms with van der Waals surface area (Å²) < 4.78 is 10.0. The molecule has 1 saturated heterocycles. The Bertz CT molecular complexity index is 640. The number of benzene rings is 1. The Labute approximate surface area is 149 Å². The molecule has 0 radical (unpaired) electrons. The van der Waals surface area contributed by atoms with Crippen molar-refractivity contribution in [3.8, 4) is 5.75 Å². The number of rotatable bonds is 5. The Balaban J connectivity index is 2.13. The van der Waals surface area contributed by atoms with Crippen molar-refractivity contribution in [2.24, 2.45) is 0 Å². The van der Waals surface area contributed by atoms with Crippen molar-refractivity contribution < 1.29 is 39.5 Å². The molecule has 1 heterocycles. The molecule has 10 heteroatoms. The number of aliphatic hydroxyl groups excluding tert-OH is 4. The Kier molecular flexibility index (Phi) is 6.89. The lowest BCUT2D eigenvalue weighted by Crippen LogP contribution is -2.64. The average Bonchev–Trinajstić information content (AvgIpc) is 2.62. The highest BCUT2D eigenvalue weighted by molar-refractivity contribution is 5.97. The normalized spacial score (nSPS) is 28.3. The molecule has 0 saturated carbocycles. The van der Waals surface area contributed by atoms with E-state index in [0.29, 0.717) is 6.54 Å². The molecule has 0 aliphatic carbocycles. The molecule has 5 unspecified atom stereocenters. The topological polar surface area (TPSA) is 158 Å². The third-order valence-corrected chi connectivity index (χ3v) is 3.85. The Morgan fingerprint density at radius 1 is 1.19 bits per heavy atom. The van der Waals surface area contributed by atoms with Crippen LogP contribution < -0.4 is 15.4 Å². The average molecular weight is 370 g/mol. The van der Waals surface area contributed by atoms with Crippen LogP contribution in [0.3, 0.4) is 0 Å². The second-order valence-corrected chi connectivity index (χ2v) is 5.64. The summed E-state index contributed by atoms with van der Waals surface area (Å²) in [5.74, 6) is -0.781. The molecule has 10 nitrogen and oxygen atoms in total. The lowest BCUT2D eigenvalue weighted by atomic mass is 9.96. The monoisotopic (exact) mass is 370 g/mol. The van der Waals surface area contributed by atoms with Gasteiger partial charge in [-0.25, -0.2) is 4.79 Å². The van der Waals surface area contributed by atoms with Gasteiger partial charge < -0.3 is 40.5 Å². The van der Waals surface area contributed by atoms with Crippen LogP contribution in [0.1, 0.15) is 17.3 Å². The van der Waals surface area contributed by atoms with E-state index in [-0.39, 0.29) is 11.3 Å². The first-order valence-corrected chi connectivity index (χ1v) is 8.05. The Hall–Kier alpha value is -2.24. The second kappa shape index (κ2) is 8.92. The third-order valence-electron chi connectivity index (χ3n) is 3.85. The van der Waals surface area contributed by atoms with E-state index in [9.17, 15) is 24.9 Å². The number of amides is 2. The number of hydrogen-bond acceptors (Lipinski definition) is 8. The van der Waals surface area contributed by atoms with E-state index in [0.717, 1.165) is 0 Å². The minimum absolute atomic E-state index is 0.0167. The van der Waals surface area contributed by atoms with E-state index in [1.165, 1.54) is 12.1 Å². The first-order valence-electron chi connectivity index (χ1n) is 8.05. The zero-order valence-electron chi connectivity index (χ0n) is 14.0. The smallest absolute Gasteiger partial charge is 0.409 e. The molecule has 2 amide bonds. The van der Waals surface area contributed by atoms with Crippen molar-refractivity contribution in [1.29, 1.82) is 0 Å². The highest BCUT2D eigenvalue weighted by Crippen LogP contribution is 2.22. The maximum Gasteiger partial charge on any atom is 0.412 e. The zero-order chi connectivity index (χ0) is 19.3. The lowest BCUT2D eigenvalue weighted by Gasteiger charge is -2.40. The number of nitrogens with one attached hydrogen (secondary N) is 2. The van der Waals surface area contributed by atoms with Crippen LogP contribution in [0.15, 0.2) is 24.3 Å². The number of para-hydroxylation sites is 1. The van der Waals surface area contributed by atoms with E-state index < -0.39 is 49.3 Å². The molecule has 1 fully saturated rings. The molecule has 5 atom stereocenters. The molecular formula is C16H22N2O8. The maximum absolute atomic E-state index is 12.5. The van der Waals surface area contributed by atoms with Crippen LogP contribution in [0, 0.1) is 0 Å². The fraction of sp³-hybridized carbons (Fsp3) is 0.500. The molecular weight excluding hydrogens is 348 g/mol. The van der Waals surface area contributed by atoms with Crippen LogP contribution in [0.25, 0.3) is 0 Å². The Morgan fingerprint density at radius 3 is 2.54 bits per heavy atom. The fourth-order valence-corrected chi connectivity index (χ4v) is 2.51. The van der Waals surface area contributed by atoms with Crippen LogP contribution in [-0.2, 0) is 4.74 Å². The molecule has 2 rings (SSSR count). The standard InChI is InChI=1S/C16H22N2O8/c1-2-17-16(24)26-9-6-4-3-5-8(9)14(22)18-11-13(21)12(20)10(7-19)25-15(11)23/h3-6,10-13,15,19-21,23H,2,7H2,1H3,(H,17,24)(H,18,22). The van der Waals surface area contributed by atoms with E-state index in [1.807, 2.05) is 0 Å². The molecule has 1 aromatic carbocycles. The maximum atomic E-state index is 12.5.